The van der Waals surface area contributed by atoms with Crippen LogP contribution in [0, 0.1) is 0 Å². The van der Waals surface area contributed by atoms with Crippen LogP contribution in [-0.2, 0) is 22.6 Å². The summed E-state index contributed by atoms with van der Waals surface area (Å²) < 4.78 is 10.6. The van der Waals surface area contributed by atoms with Gasteiger partial charge in [0.05, 0.1) is 27.3 Å². The summed E-state index contributed by atoms with van der Waals surface area (Å²) in [6.07, 6.45) is 0.654. The van der Waals surface area contributed by atoms with E-state index >= 15 is 0 Å². The maximum Gasteiger partial charge on any atom is 0.242 e. The molecule has 146 valence electrons. The molecule has 0 aliphatic rings. The minimum atomic E-state index is -0.348. The van der Waals surface area contributed by atoms with E-state index < -0.39 is 0 Å². The highest BCUT2D eigenvalue weighted by Gasteiger charge is 2.16. The van der Waals surface area contributed by atoms with E-state index in [1.165, 1.54) is 0 Å². The predicted molar refractivity (Wildman–Crippen MR) is 105 cm³/mol. The van der Waals surface area contributed by atoms with Crippen LogP contribution in [-0.4, -0.2) is 50.6 Å². The molecule has 27 heavy (non-hydrogen) atoms. The highest BCUT2D eigenvalue weighted by Crippen LogP contribution is 2.27. The van der Waals surface area contributed by atoms with Crippen molar-refractivity contribution in [1.82, 2.24) is 10.2 Å². The Kier molecular flexibility index (Phi) is 8.09. The van der Waals surface area contributed by atoms with Crippen molar-refractivity contribution in [3.05, 3.63) is 46.2 Å². The van der Waals surface area contributed by atoms with Crippen LogP contribution >= 0.6 is 11.3 Å². The second-order valence-corrected chi connectivity index (χ2v) is 6.65. The zero-order valence-electron chi connectivity index (χ0n) is 15.6. The molecule has 0 aliphatic heterocycles. The number of nitrogens with two attached hydrogens (primary N) is 1. The number of amides is 2. The Morgan fingerprint density at radius 3 is 2.56 bits per heavy atom. The third kappa shape index (κ3) is 6.26. The van der Waals surface area contributed by atoms with Crippen LogP contribution in [0.2, 0.25) is 0 Å². The molecule has 0 saturated carbocycles. The lowest BCUT2D eigenvalue weighted by Crippen LogP contribution is -2.42. The van der Waals surface area contributed by atoms with Crippen LogP contribution in [0.4, 0.5) is 0 Å². The van der Waals surface area contributed by atoms with Gasteiger partial charge in [0.25, 0.3) is 0 Å². The average Bonchev–Trinajstić information content (AvgIpc) is 3.21. The van der Waals surface area contributed by atoms with Gasteiger partial charge in [-0.1, -0.05) is 6.07 Å². The molecule has 0 radical (unpaired) electrons. The molecule has 0 fully saturated rings. The van der Waals surface area contributed by atoms with Crippen molar-refractivity contribution in [2.75, 3.05) is 33.9 Å². The van der Waals surface area contributed by atoms with Crippen molar-refractivity contribution in [2.45, 2.75) is 13.0 Å². The molecule has 2 rings (SSSR count). The summed E-state index contributed by atoms with van der Waals surface area (Å²) in [5.74, 6) is 0.820. The Morgan fingerprint density at radius 2 is 1.93 bits per heavy atom. The second-order valence-electron chi connectivity index (χ2n) is 5.87. The van der Waals surface area contributed by atoms with Gasteiger partial charge < -0.3 is 25.4 Å². The number of nitrogens with zero attached hydrogens (tertiary/aromatic N) is 1. The maximum absolute atomic E-state index is 12.6. The van der Waals surface area contributed by atoms with Gasteiger partial charge >= 0.3 is 0 Å². The number of carbonyl (C=O) groups excluding carboxylic acids is 2. The average molecular weight is 391 g/mol. The van der Waals surface area contributed by atoms with Crippen molar-refractivity contribution in [3.63, 3.8) is 0 Å². The first-order valence-corrected chi connectivity index (χ1v) is 9.48. The van der Waals surface area contributed by atoms with Crippen LogP contribution in [0.25, 0.3) is 0 Å². The summed E-state index contributed by atoms with van der Waals surface area (Å²) in [4.78, 5) is 25.6. The second kappa shape index (κ2) is 10.5. The van der Waals surface area contributed by atoms with Crippen LogP contribution in [0.3, 0.4) is 0 Å². The van der Waals surface area contributed by atoms with E-state index in [9.17, 15) is 9.59 Å². The lowest BCUT2D eigenvalue weighted by molar-refractivity contribution is -0.133. The Balaban J connectivity index is 2.04. The minimum absolute atomic E-state index is 0.0634. The van der Waals surface area contributed by atoms with Gasteiger partial charge in [-0.2, -0.15) is 11.3 Å². The normalized spacial score (nSPS) is 10.3. The molecular weight excluding hydrogens is 366 g/mol. The van der Waals surface area contributed by atoms with Gasteiger partial charge in [-0.25, -0.2) is 0 Å². The van der Waals surface area contributed by atoms with E-state index in [4.69, 9.17) is 15.2 Å². The van der Waals surface area contributed by atoms with Crippen molar-refractivity contribution in [1.29, 1.82) is 0 Å². The van der Waals surface area contributed by atoms with Crippen LogP contribution in [0.1, 0.15) is 11.1 Å². The number of nitrogens with one attached hydrogen (secondary N) is 1. The number of methoxy groups -OCH3 is 2. The monoisotopic (exact) mass is 391 g/mol. The third-order valence-electron chi connectivity index (χ3n) is 4.05. The molecule has 0 spiro atoms. The molecule has 0 aliphatic carbocycles. The number of carbonyl (C=O) groups is 2. The number of thiophene rings is 1. The summed E-state index contributed by atoms with van der Waals surface area (Å²) in [6.45, 7) is 0.812. The summed E-state index contributed by atoms with van der Waals surface area (Å²) in [5.41, 5.74) is 7.36. The molecule has 0 atom stereocenters. The molecule has 7 nitrogen and oxygen atoms in total. The molecule has 8 heteroatoms. The fourth-order valence-electron chi connectivity index (χ4n) is 2.55. The predicted octanol–water partition coefficient (Wildman–Crippen LogP) is 1.41. The van der Waals surface area contributed by atoms with Gasteiger partial charge in [0.1, 0.15) is 0 Å². The van der Waals surface area contributed by atoms with Gasteiger partial charge in [0.15, 0.2) is 11.5 Å². The SMILES string of the molecule is COc1ccc(CCN(Cc2ccsc2)C(=O)CNC(=O)CN)cc1OC. The molecule has 1 heterocycles. The van der Waals surface area contributed by atoms with Crippen molar-refractivity contribution < 1.29 is 19.1 Å². The van der Waals surface area contributed by atoms with Gasteiger partial charge in [-0.05, 0) is 46.5 Å². The molecule has 0 saturated heterocycles. The molecule has 1 aromatic heterocycles. The molecule has 1 aromatic carbocycles. The van der Waals surface area contributed by atoms with Crippen LogP contribution in [0.5, 0.6) is 11.5 Å². The standard InChI is InChI=1S/C19H25N3O4S/c1-25-16-4-3-14(9-17(16)26-2)5-7-22(12-15-6-8-27-13-15)19(24)11-21-18(23)10-20/h3-4,6,8-9,13H,5,7,10-12,20H2,1-2H3,(H,21,23). The Hall–Kier alpha value is -2.58. The lowest BCUT2D eigenvalue weighted by atomic mass is 10.1. The summed E-state index contributed by atoms with van der Waals surface area (Å²) in [6, 6.07) is 7.69. The smallest absolute Gasteiger partial charge is 0.242 e. The zero-order valence-corrected chi connectivity index (χ0v) is 16.4. The topological polar surface area (TPSA) is 93.9 Å². The molecule has 2 amide bonds. The molecule has 0 bridgehead atoms. The van der Waals surface area contributed by atoms with E-state index in [1.54, 1.807) is 30.5 Å². The number of rotatable bonds is 10. The van der Waals surface area contributed by atoms with Gasteiger partial charge in [0.2, 0.25) is 11.8 Å². The molecule has 2 aromatic rings. The third-order valence-corrected chi connectivity index (χ3v) is 4.78. The zero-order chi connectivity index (χ0) is 19.6. The van der Waals surface area contributed by atoms with E-state index in [0.717, 1.165) is 11.1 Å². The first kappa shape index (κ1) is 20.7. The van der Waals surface area contributed by atoms with E-state index in [0.29, 0.717) is 31.0 Å². The van der Waals surface area contributed by atoms with Gasteiger partial charge in [0, 0.05) is 13.1 Å². The van der Waals surface area contributed by atoms with E-state index in [-0.39, 0.29) is 24.9 Å². The molecular formula is C19H25N3O4S. The lowest BCUT2D eigenvalue weighted by Gasteiger charge is -2.23. The number of hydrogen-bond donors (Lipinski definition) is 2. The van der Waals surface area contributed by atoms with Gasteiger partial charge in [-0.15, -0.1) is 0 Å². The number of hydrogen-bond acceptors (Lipinski definition) is 6. The van der Waals surface area contributed by atoms with E-state index in [1.807, 2.05) is 35.0 Å². The first-order valence-electron chi connectivity index (χ1n) is 8.54. The highest BCUT2D eigenvalue weighted by atomic mass is 32.1. The fourth-order valence-corrected chi connectivity index (χ4v) is 3.21. The number of benzene rings is 1. The van der Waals surface area contributed by atoms with Crippen LogP contribution < -0.4 is 20.5 Å². The maximum atomic E-state index is 12.6. The summed E-state index contributed by atoms with van der Waals surface area (Å²) >= 11 is 1.58. The summed E-state index contributed by atoms with van der Waals surface area (Å²) in [7, 11) is 3.18. The highest BCUT2D eigenvalue weighted by molar-refractivity contribution is 7.07. The molecule has 3 N–H and O–H groups in total. The first-order chi connectivity index (χ1) is 13.1. The Bertz CT molecular complexity index is 749. The Labute approximate surface area is 163 Å². The largest absolute Gasteiger partial charge is 0.493 e. The summed E-state index contributed by atoms with van der Waals surface area (Å²) in [5, 5.41) is 6.52. The minimum Gasteiger partial charge on any atom is -0.493 e. The van der Waals surface area contributed by atoms with Crippen molar-refractivity contribution in [2.24, 2.45) is 5.73 Å². The molecule has 0 unspecified atom stereocenters. The van der Waals surface area contributed by atoms with Crippen LogP contribution in [0.15, 0.2) is 35.0 Å². The number of ether oxygens (including phenoxy) is 2. The Morgan fingerprint density at radius 1 is 1.15 bits per heavy atom. The quantitative estimate of drug-likeness (QED) is 0.639. The van der Waals surface area contributed by atoms with Gasteiger partial charge in [-0.3, -0.25) is 9.59 Å². The van der Waals surface area contributed by atoms with Crippen molar-refractivity contribution in [3.8, 4) is 11.5 Å². The van der Waals surface area contributed by atoms with Crippen molar-refractivity contribution >= 4 is 23.2 Å². The fraction of sp³-hybridized carbons (Fsp3) is 0.368. The van der Waals surface area contributed by atoms with E-state index in [2.05, 4.69) is 5.32 Å².